The zero-order valence-corrected chi connectivity index (χ0v) is 21.1. The number of amides is 1. The first kappa shape index (κ1) is 25.9. The van der Waals surface area contributed by atoms with Crippen molar-refractivity contribution < 1.29 is 27.4 Å². The van der Waals surface area contributed by atoms with Gasteiger partial charge in [0.15, 0.2) is 17.5 Å². The first-order chi connectivity index (χ1) is 18.3. The molecule has 3 unspecified atom stereocenters. The molecule has 3 atom stereocenters. The van der Waals surface area contributed by atoms with Crippen LogP contribution in [0.15, 0.2) is 48.5 Å². The molecule has 2 aromatic carbocycles. The minimum absolute atomic E-state index is 0.0831. The third-order valence-electron chi connectivity index (χ3n) is 7.07. The molecule has 0 radical (unpaired) electrons. The number of ether oxygens (including phenoxy) is 2. The lowest BCUT2D eigenvalue weighted by atomic mass is 9.96. The Morgan fingerprint density at radius 1 is 1.08 bits per heavy atom. The number of carbonyl (C=O) groups is 1. The van der Waals surface area contributed by atoms with E-state index >= 15 is 0 Å². The number of carbonyl (C=O) groups excluding carboxylic acids is 1. The van der Waals surface area contributed by atoms with E-state index in [4.69, 9.17) is 9.47 Å². The maximum Gasteiger partial charge on any atom is 0.410 e. The van der Waals surface area contributed by atoms with Crippen LogP contribution in [0, 0.1) is 0 Å². The van der Waals surface area contributed by atoms with E-state index in [0.717, 1.165) is 30.6 Å². The van der Waals surface area contributed by atoms with Crippen molar-refractivity contribution in [2.45, 2.75) is 43.6 Å². The highest BCUT2D eigenvalue weighted by atomic mass is 19.4. The van der Waals surface area contributed by atoms with Crippen molar-refractivity contribution in [2.75, 3.05) is 32.6 Å². The number of fused-ring (bicyclic) bond motifs is 1. The molecule has 3 aromatic rings. The van der Waals surface area contributed by atoms with Gasteiger partial charge >= 0.3 is 6.18 Å². The Kier molecular flexibility index (Phi) is 7.20. The molecule has 202 valence electrons. The summed E-state index contributed by atoms with van der Waals surface area (Å²) in [4.78, 5) is 12.6. The summed E-state index contributed by atoms with van der Waals surface area (Å²) in [5.74, 6) is 1.03. The second-order valence-corrected chi connectivity index (χ2v) is 9.56. The number of halogens is 3. The number of anilines is 1. The number of nitrogens with zero attached hydrogens (tertiary/aromatic N) is 2. The van der Waals surface area contributed by atoms with Crippen LogP contribution in [0.1, 0.15) is 47.3 Å². The predicted molar refractivity (Wildman–Crippen MR) is 137 cm³/mol. The van der Waals surface area contributed by atoms with E-state index in [9.17, 15) is 18.0 Å². The van der Waals surface area contributed by atoms with E-state index in [-0.39, 0.29) is 24.2 Å². The predicted octanol–water partition coefficient (Wildman–Crippen LogP) is 4.71. The van der Waals surface area contributed by atoms with Gasteiger partial charge in [0.25, 0.3) is 5.91 Å². The zero-order chi connectivity index (χ0) is 26.9. The van der Waals surface area contributed by atoms with Gasteiger partial charge in [0, 0.05) is 36.2 Å². The molecule has 0 aliphatic carbocycles. The smallest absolute Gasteiger partial charge is 0.410 e. The SMILES string of the molecule is COc1ccc(C2CC(C(F)(F)F)n3nc(-c4ccc(C(=O)NC5CCCNC5)cc4)cc3N2)cc1OC. The summed E-state index contributed by atoms with van der Waals surface area (Å²) < 4.78 is 54.0. The Bertz CT molecular complexity index is 1290. The highest BCUT2D eigenvalue weighted by molar-refractivity contribution is 5.94. The normalized spacial score (nSPS) is 21.2. The van der Waals surface area contributed by atoms with Crippen LogP contribution in [0.2, 0.25) is 0 Å². The molecule has 2 aliphatic rings. The molecule has 3 heterocycles. The lowest BCUT2D eigenvalue weighted by Gasteiger charge is -2.33. The van der Waals surface area contributed by atoms with Gasteiger partial charge in [0.2, 0.25) is 0 Å². The highest BCUT2D eigenvalue weighted by Crippen LogP contribution is 2.45. The summed E-state index contributed by atoms with van der Waals surface area (Å²) in [6.07, 6.45) is -2.80. The average Bonchev–Trinajstić information content (AvgIpc) is 3.36. The molecule has 5 rings (SSSR count). The van der Waals surface area contributed by atoms with Crippen molar-refractivity contribution in [2.24, 2.45) is 0 Å². The molecule has 0 saturated carbocycles. The maximum atomic E-state index is 14.1. The van der Waals surface area contributed by atoms with Crippen LogP contribution in [-0.2, 0) is 0 Å². The van der Waals surface area contributed by atoms with Crippen LogP contribution < -0.4 is 25.4 Å². The number of nitrogens with one attached hydrogen (secondary N) is 3. The number of aromatic nitrogens is 2. The van der Waals surface area contributed by atoms with Crippen molar-refractivity contribution in [1.82, 2.24) is 20.4 Å². The number of alkyl halides is 3. The van der Waals surface area contributed by atoms with Crippen molar-refractivity contribution >= 4 is 11.7 Å². The minimum atomic E-state index is -4.50. The molecule has 1 amide bonds. The van der Waals surface area contributed by atoms with Gasteiger partial charge in [-0.1, -0.05) is 18.2 Å². The third kappa shape index (κ3) is 5.28. The van der Waals surface area contributed by atoms with Gasteiger partial charge < -0.3 is 25.4 Å². The summed E-state index contributed by atoms with van der Waals surface area (Å²) in [5, 5.41) is 13.8. The molecule has 1 aromatic heterocycles. The van der Waals surface area contributed by atoms with Crippen LogP contribution in [0.4, 0.5) is 19.0 Å². The fourth-order valence-corrected chi connectivity index (χ4v) is 5.04. The fraction of sp³-hybridized carbons (Fsp3) is 0.407. The molecule has 3 N–H and O–H groups in total. The molecule has 0 spiro atoms. The van der Waals surface area contributed by atoms with Crippen molar-refractivity contribution in [3.8, 4) is 22.8 Å². The topological polar surface area (TPSA) is 89.4 Å². The number of rotatable bonds is 6. The maximum absolute atomic E-state index is 14.1. The van der Waals surface area contributed by atoms with Crippen molar-refractivity contribution in [3.63, 3.8) is 0 Å². The summed E-state index contributed by atoms with van der Waals surface area (Å²) in [6.45, 7) is 1.69. The Hall–Kier alpha value is -3.73. The van der Waals surface area contributed by atoms with Gasteiger partial charge in [-0.05, 0) is 49.2 Å². The van der Waals surface area contributed by atoms with Gasteiger partial charge in [0.05, 0.1) is 26.0 Å². The van der Waals surface area contributed by atoms with Crippen molar-refractivity contribution in [1.29, 1.82) is 0 Å². The number of hydrogen-bond donors (Lipinski definition) is 3. The molecule has 1 saturated heterocycles. The monoisotopic (exact) mass is 529 g/mol. The summed E-state index contributed by atoms with van der Waals surface area (Å²) >= 11 is 0. The first-order valence-electron chi connectivity index (χ1n) is 12.5. The van der Waals surface area contributed by atoms with Gasteiger partial charge in [-0.3, -0.25) is 4.79 Å². The standard InChI is InChI=1S/C27H30F3N5O3/c1-37-22-10-9-18(12-23(22)38-2)20-13-24(27(28,29)30)35-25(33-20)14-21(34-35)16-5-7-17(8-6-16)26(36)32-19-4-3-11-31-15-19/h5-10,12,14,19-20,24,31,33H,3-4,11,13,15H2,1-2H3,(H,32,36). The van der Waals surface area contributed by atoms with Crippen LogP contribution in [-0.4, -0.2) is 55.2 Å². The summed E-state index contributed by atoms with van der Waals surface area (Å²) in [7, 11) is 2.99. The second-order valence-electron chi connectivity index (χ2n) is 9.56. The Morgan fingerprint density at radius 3 is 2.50 bits per heavy atom. The van der Waals surface area contributed by atoms with Gasteiger partial charge in [-0.15, -0.1) is 0 Å². The molecular formula is C27H30F3N5O3. The van der Waals surface area contributed by atoms with Crippen LogP contribution >= 0.6 is 0 Å². The van der Waals surface area contributed by atoms with Crippen LogP contribution in [0.5, 0.6) is 11.5 Å². The van der Waals surface area contributed by atoms with Crippen LogP contribution in [0.3, 0.4) is 0 Å². The van der Waals surface area contributed by atoms with Gasteiger partial charge in [-0.2, -0.15) is 18.3 Å². The molecule has 1 fully saturated rings. The number of piperidine rings is 1. The van der Waals surface area contributed by atoms with Crippen molar-refractivity contribution in [3.05, 3.63) is 59.7 Å². The zero-order valence-electron chi connectivity index (χ0n) is 21.1. The second kappa shape index (κ2) is 10.6. The average molecular weight is 530 g/mol. The quantitative estimate of drug-likeness (QED) is 0.429. The summed E-state index contributed by atoms with van der Waals surface area (Å²) in [6, 6.07) is 11.1. The lowest BCUT2D eigenvalue weighted by molar-refractivity contribution is -0.173. The molecule has 0 bridgehead atoms. The van der Waals surface area contributed by atoms with E-state index in [2.05, 4.69) is 21.0 Å². The molecular weight excluding hydrogens is 499 g/mol. The van der Waals surface area contributed by atoms with E-state index in [1.165, 1.54) is 14.2 Å². The van der Waals surface area contributed by atoms with E-state index < -0.39 is 18.3 Å². The summed E-state index contributed by atoms with van der Waals surface area (Å²) in [5.41, 5.74) is 2.14. The van der Waals surface area contributed by atoms with E-state index in [1.54, 1.807) is 48.5 Å². The number of hydrogen-bond acceptors (Lipinski definition) is 6. The molecule has 2 aliphatic heterocycles. The number of methoxy groups -OCH3 is 2. The fourth-order valence-electron chi connectivity index (χ4n) is 5.04. The largest absolute Gasteiger partial charge is 0.493 e. The van der Waals surface area contributed by atoms with Gasteiger partial charge in [-0.25, -0.2) is 4.68 Å². The Labute approximate surface area is 218 Å². The molecule has 11 heteroatoms. The highest BCUT2D eigenvalue weighted by Gasteiger charge is 2.46. The first-order valence-corrected chi connectivity index (χ1v) is 12.5. The Balaban J connectivity index is 1.39. The molecule has 8 nitrogen and oxygen atoms in total. The van der Waals surface area contributed by atoms with E-state index in [1.807, 2.05) is 0 Å². The van der Waals surface area contributed by atoms with Gasteiger partial charge in [0.1, 0.15) is 5.82 Å². The number of benzene rings is 2. The van der Waals surface area contributed by atoms with E-state index in [0.29, 0.717) is 33.9 Å². The van der Waals surface area contributed by atoms with Crippen LogP contribution in [0.25, 0.3) is 11.3 Å². The third-order valence-corrected chi connectivity index (χ3v) is 7.07. The lowest BCUT2D eigenvalue weighted by Crippen LogP contribution is -2.45. The minimum Gasteiger partial charge on any atom is -0.493 e. The Morgan fingerprint density at radius 2 is 1.84 bits per heavy atom. The molecule has 38 heavy (non-hydrogen) atoms.